The molecule has 0 saturated heterocycles. The molecule has 6 heteroatoms. The van der Waals surface area contributed by atoms with Gasteiger partial charge in [0.05, 0.1) is 17.7 Å². The fourth-order valence-electron chi connectivity index (χ4n) is 1.51. The number of ether oxygens (including phenoxy) is 2. The molecule has 0 fully saturated rings. The number of hydrogen-bond donors (Lipinski definition) is 1. The molecule has 0 amide bonds. The van der Waals surface area contributed by atoms with Crippen molar-refractivity contribution >= 4 is 0 Å². The molecule has 5 nitrogen and oxygen atoms in total. The van der Waals surface area contributed by atoms with Crippen LogP contribution in [0.4, 0.5) is 0 Å². The van der Waals surface area contributed by atoms with Crippen molar-refractivity contribution in [3.05, 3.63) is 23.0 Å². The van der Waals surface area contributed by atoms with E-state index in [1.54, 1.807) is 14.0 Å². The Hall–Kier alpha value is -0.880. The number of aromatic amines is 1. The van der Waals surface area contributed by atoms with Crippen molar-refractivity contribution in [2.24, 2.45) is 0 Å². The normalized spacial score (nSPS) is 17.6. The first kappa shape index (κ1) is 14.1. The maximum absolute atomic E-state index is 9.73. The van der Waals surface area contributed by atoms with Crippen molar-refractivity contribution in [1.29, 1.82) is 0 Å². The summed E-state index contributed by atoms with van der Waals surface area (Å²) < 4.78 is 10.4. The quantitative estimate of drug-likeness (QED) is 0.559. The number of hydrogen-bond acceptors (Lipinski definition) is 3. The van der Waals surface area contributed by atoms with Crippen LogP contribution >= 0.6 is 0 Å². The molecule has 1 aliphatic heterocycles. The number of aromatic nitrogens is 1. The molecule has 2 rings (SSSR count). The van der Waals surface area contributed by atoms with Crippen LogP contribution in [0, 0.1) is 6.92 Å². The van der Waals surface area contributed by atoms with E-state index in [9.17, 15) is 5.11 Å². The second-order valence-corrected chi connectivity index (χ2v) is 3.08. The molecule has 0 saturated carbocycles. The lowest BCUT2D eigenvalue weighted by Gasteiger charge is -2.08. The van der Waals surface area contributed by atoms with Crippen LogP contribution < -0.4 is 17.4 Å². The molecule has 1 aliphatic rings. The molecule has 0 aromatic carbocycles. The maximum Gasteiger partial charge on any atom is 0.219 e. The number of rotatable bonds is 1. The topological polar surface area (TPSA) is 84.3 Å². The van der Waals surface area contributed by atoms with Crippen LogP contribution in [0.25, 0.3) is 0 Å². The highest BCUT2D eigenvalue weighted by Crippen LogP contribution is 2.36. The number of aromatic hydroxyl groups is 1. The second-order valence-electron chi connectivity index (χ2n) is 3.08. The Labute approximate surface area is 93.8 Å². The van der Waals surface area contributed by atoms with Crippen molar-refractivity contribution in [2.45, 2.75) is 19.8 Å². The SMILES string of the molecule is CO[C@@H]1OCc2c[nH+]c(C)c(O)c21.O.[Cl-]. The minimum absolute atomic E-state index is 0. The Morgan fingerprint density at radius 1 is 1.60 bits per heavy atom. The Balaban J connectivity index is 0.000000980. The summed E-state index contributed by atoms with van der Waals surface area (Å²) in [6.45, 7) is 2.29. The summed E-state index contributed by atoms with van der Waals surface area (Å²) in [6.07, 6.45) is 1.41. The summed E-state index contributed by atoms with van der Waals surface area (Å²) in [5.41, 5.74) is 2.43. The summed E-state index contributed by atoms with van der Waals surface area (Å²) in [7, 11) is 1.56. The lowest BCUT2D eigenvalue weighted by Crippen LogP contribution is -3.00. The van der Waals surface area contributed by atoms with Gasteiger partial charge >= 0.3 is 0 Å². The standard InChI is InChI=1S/C9H11NO3.ClH.H2O/c1-5-8(11)7-6(3-10-5)4-13-9(7)12-2;;/h3,9,11H,4H2,1-2H3;1H;1H2/t9-;;/m1../s1. The fourth-order valence-corrected chi connectivity index (χ4v) is 1.51. The number of methoxy groups -OCH3 is 1. The van der Waals surface area contributed by atoms with E-state index in [0.717, 1.165) is 16.8 Å². The highest BCUT2D eigenvalue weighted by atomic mass is 35.5. The van der Waals surface area contributed by atoms with E-state index in [2.05, 4.69) is 4.98 Å². The minimum atomic E-state index is -0.428. The number of pyridine rings is 1. The minimum Gasteiger partial charge on any atom is -1.00 e. The monoisotopic (exact) mass is 235 g/mol. The van der Waals surface area contributed by atoms with Crippen molar-refractivity contribution in [3.63, 3.8) is 0 Å². The molecule has 2 heterocycles. The molecular formula is C9H14ClNO4. The van der Waals surface area contributed by atoms with Crippen LogP contribution in [-0.4, -0.2) is 17.7 Å². The van der Waals surface area contributed by atoms with Gasteiger partial charge in [0.15, 0.2) is 18.2 Å². The fraction of sp³-hybridized carbons (Fsp3) is 0.444. The first-order valence-electron chi connectivity index (χ1n) is 4.11. The van der Waals surface area contributed by atoms with Gasteiger partial charge in [0.1, 0.15) is 0 Å². The third-order valence-corrected chi connectivity index (χ3v) is 2.26. The van der Waals surface area contributed by atoms with E-state index in [0.29, 0.717) is 6.61 Å². The molecular weight excluding hydrogens is 222 g/mol. The maximum atomic E-state index is 9.73. The Morgan fingerprint density at radius 3 is 2.87 bits per heavy atom. The Morgan fingerprint density at radius 2 is 2.27 bits per heavy atom. The van der Waals surface area contributed by atoms with Gasteiger partial charge in [-0.1, -0.05) is 0 Å². The molecule has 0 aliphatic carbocycles. The zero-order valence-electron chi connectivity index (χ0n) is 8.50. The largest absolute Gasteiger partial charge is 1.00 e. The molecule has 0 radical (unpaired) electrons. The average Bonchev–Trinajstić information content (AvgIpc) is 2.55. The van der Waals surface area contributed by atoms with E-state index in [-0.39, 0.29) is 23.6 Å². The number of aryl methyl sites for hydroxylation is 1. The van der Waals surface area contributed by atoms with Crippen molar-refractivity contribution in [1.82, 2.24) is 0 Å². The molecule has 0 unspecified atom stereocenters. The molecule has 0 spiro atoms. The van der Waals surface area contributed by atoms with Crippen LogP contribution in [0.2, 0.25) is 0 Å². The van der Waals surface area contributed by atoms with E-state index >= 15 is 0 Å². The van der Waals surface area contributed by atoms with Crippen LogP contribution in [-0.2, 0) is 16.1 Å². The summed E-state index contributed by atoms with van der Waals surface area (Å²) in [4.78, 5) is 2.96. The predicted molar refractivity (Wildman–Crippen MR) is 47.6 cm³/mol. The smallest absolute Gasteiger partial charge is 0.219 e. The van der Waals surface area contributed by atoms with E-state index in [1.165, 1.54) is 0 Å². The van der Waals surface area contributed by atoms with Crippen LogP contribution in [0.1, 0.15) is 23.1 Å². The van der Waals surface area contributed by atoms with E-state index < -0.39 is 6.29 Å². The first-order valence-corrected chi connectivity index (χ1v) is 4.11. The molecule has 4 N–H and O–H groups in total. The van der Waals surface area contributed by atoms with Crippen LogP contribution in [0.5, 0.6) is 5.75 Å². The molecule has 1 aromatic heterocycles. The van der Waals surface area contributed by atoms with Crippen molar-refractivity contribution < 1.29 is 37.4 Å². The average molecular weight is 236 g/mol. The van der Waals surface area contributed by atoms with Gasteiger partial charge in [0.25, 0.3) is 0 Å². The number of halogens is 1. The molecule has 15 heavy (non-hydrogen) atoms. The van der Waals surface area contributed by atoms with Gasteiger partial charge in [0.2, 0.25) is 5.69 Å². The van der Waals surface area contributed by atoms with Crippen LogP contribution in [0.15, 0.2) is 6.20 Å². The lowest BCUT2D eigenvalue weighted by atomic mass is 10.1. The van der Waals surface area contributed by atoms with Crippen LogP contribution in [0.3, 0.4) is 0 Å². The summed E-state index contributed by atoms with van der Waals surface area (Å²) in [5.74, 6) is 0.238. The highest BCUT2D eigenvalue weighted by molar-refractivity contribution is 5.40. The van der Waals surface area contributed by atoms with Gasteiger partial charge in [-0.2, -0.15) is 0 Å². The van der Waals surface area contributed by atoms with Crippen molar-refractivity contribution in [3.8, 4) is 5.75 Å². The van der Waals surface area contributed by atoms with Gasteiger partial charge in [-0.05, 0) is 0 Å². The number of H-pyrrole nitrogens is 1. The van der Waals surface area contributed by atoms with Gasteiger partial charge in [-0.25, -0.2) is 4.98 Å². The van der Waals surface area contributed by atoms with Crippen molar-refractivity contribution in [2.75, 3.05) is 7.11 Å². The van der Waals surface area contributed by atoms with E-state index in [1.807, 2.05) is 6.20 Å². The van der Waals surface area contributed by atoms with Gasteiger partial charge < -0.3 is 32.5 Å². The predicted octanol–water partition coefficient (Wildman–Crippen LogP) is -3.13. The number of fused-ring (bicyclic) bond motifs is 1. The summed E-state index contributed by atoms with van der Waals surface area (Å²) in [5, 5.41) is 9.73. The zero-order valence-corrected chi connectivity index (χ0v) is 9.26. The van der Waals surface area contributed by atoms with E-state index in [4.69, 9.17) is 9.47 Å². The summed E-state index contributed by atoms with van der Waals surface area (Å²) in [6, 6.07) is 0. The Bertz CT molecular complexity index is 345. The lowest BCUT2D eigenvalue weighted by molar-refractivity contribution is -0.389. The van der Waals surface area contributed by atoms with Gasteiger partial charge in [-0.3, -0.25) is 0 Å². The molecule has 1 aromatic rings. The zero-order chi connectivity index (χ0) is 9.42. The molecule has 0 bridgehead atoms. The number of nitrogens with one attached hydrogen (secondary N) is 1. The first-order chi connectivity index (χ1) is 6.24. The third kappa shape index (κ3) is 2.21. The highest BCUT2D eigenvalue weighted by Gasteiger charge is 2.30. The molecule has 86 valence electrons. The molecule has 1 atom stereocenters. The Kier molecular flexibility index (Phi) is 4.96. The van der Waals surface area contributed by atoms with Gasteiger partial charge in [0, 0.05) is 14.0 Å². The second kappa shape index (κ2) is 5.27. The summed E-state index contributed by atoms with van der Waals surface area (Å²) >= 11 is 0. The third-order valence-electron chi connectivity index (χ3n) is 2.26. The van der Waals surface area contributed by atoms with Gasteiger partial charge in [-0.15, -0.1) is 0 Å².